The maximum atomic E-state index is 12.0. The molecule has 1 unspecified atom stereocenters. The molecule has 25 heavy (non-hydrogen) atoms. The fourth-order valence-electron chi connectivity index (χ4n) is 3.03. The minimum absolute atomic E-state index is 0.0101. The van der Waals surface area contributed by atoms with E-state index in [9.17, 15) is 4.79 Å². The van der Waals surface area contributed by atoms with Crippen LogP contribution in [-0.4, -0.2) is 10.8 Å². The van der Waals surface area contributed by atoms with E-state index in [1.165, 1.54) is 83.1 Å². The van der Waals surface area contributed by atoms with Crippen LogP contribution in [0.2, 0.25) is 0 Å². The number of Topliss-reactive ketones (excluding diaryl/α,β-unsaturated/α-hetero) is 1. The van der Waals surface area contributed by atoms with E-state index in [0.717, 1.165) is 12.8 Å². The number of oxazole rings is 1. The average Bonchev–Trinajstić information content (AvgIpc) is 3.15. The second-order valence-corrected chi connectivity index (χ2v) is 7.12. The molecule has 142 valence electrons. The predicted octanol–water partition coefficient (Wildman–Crippen LogP) is 7.14. The summed E-state index contributed by atoms with van der Waals surface area (Å²) in [5.41, 5.74) is 0. The number of carbonyl (C=O) groups is 1. The molecule has 1 heterocycles. The molecule has 3 nitrogen and oxygen atoms in total. The van der Waals surface area contributed by atoms with Crippen molar-refractivity contribution in [2.24, 2.45) is 5.92 Å². The first kappa shape index (κ1) is 21.7. The monoisotopic (exact) mass is 347 g/mol. The van der Waals surface area contributed by atoms with Crippen LogP contribution in [0.1, 0.15) is 108 Å². The highest BCUT2D eigenvalue weighted by molar-refractivity contribution is 5.93. The van der Waals surface area contributed by atoms with E-state index in [-0.39, 0.29) is 17.6 Å². The van der Waals surface area contributed by atoms with E-state index in [2.05, 4.69) is 24.1 Å². The van der Waals surface area contributed by atoms with Gasteiger partial charge in [-0.05, 0) is 32.1 Å². The fraction of sp³-hybridized carbons (Fsp3) is 0.727. The van der Waals surface area contributed by atoms with E-state index in [0.29, 0.717) is 0 Å². The predicted molar refractivity (Wildman–Crippen MR) is 105 cm³/mol. The molecule has 0 aliphatic heterocycles. The van der Waals surface area contributed by atoms with Crippen LogP contribution in [0, 0.1) is 5.92 Å². The van der Waals surface area contributed by atoms with Gasteiger partial charge in [-0.25, -0.2) is 4.98 Å². The van der Waals surface area contributed by atoms with Crippen molar-refractivity contribution in [1.29, 1.82) is 0 Å². The Kier molecular flexibility index (Phi) is 12.9. The molecule has 0 aromatic carbocycles. The van der Waals surface area contributed by atoms with Crippen molar-refractivity contribution in [1.82, 2.24) is 4.98 Å². The topological polar surface area (TPSA) is 43.1 Å². The Labute approximate surface area is 154 Å². The molecule has 1 aromatic rings. The molecule has 0 radical (unpaired) electrons. The summed E-state index contributed by atoms with van der Waals surface area (Å²) in [4.78, 5) is 15.9. The molecule has 0 aliphatic rings. The highest BCUT2D eigenvalue weighted by Gasteiger charge is 2.18. The van der Waals surface area contributed by atoms with E-state index >= 15 is 0 Å². The van der Waals surface area contributed by atoms with Gasteiger partial charge in [-0.3, -0.25) is 4.79 Å². The van der Waals surface area contributed by atoms with Crippen LogP contribution in [-0.2, 0) is 0 Å². The molecule has 0 bridgehead atoms. The van der Waals surface area contributed by atoms with Gasteiger partial charge in [-0.1, -0.05) is 77.4 Å². The maximum absolute atomic E-state index is 12.0. The van der Waals surface area contributed by atoms with Crippen LogP contribution < -0.4 is 0 Å². The summed E-state index contributed by atoms with van der Waals surface area (Å²) in [7, 11) is 0. The number of hydrogen-bond acceptors (Lipinski definition) is 3. The van der Waals surface area contributed by atoms with Crippen LogP contribution in [0.4, 0.5) is 0 Å². The first-order valence-corrected chi connectivity index (χ1v) is 10.3. The largest absolute Gasteiger partial charge is 0.442 e. The molecular formula is C22H37NO2. The minimum Gasteiger partial charge on any atom is -0.442 e. The van der Waals surface area contributed by atoms with Gasteiger partial charge in [0, 0.05) is 5.92 Å². The second kappa shape index (κ2) is 14.9. The molecule has 1 rings (SSSR count). The van der Waals surface area contributed by atoms with E-state index in [4.69, 9.17) is 4.42 Å². The van der Waals surface area contributed by atoms with Gasteiger partial charge in [0.1, 0.15) is 6.26 Å². The SMILES string of the molecule is CCCCCCCC/C=C\CCCCCCC(C)C(=O)c1ncco1. The smallest absolute Gasteiger partial charge is 0.263 e. The summed E-state index contributed by atoms with van der Waals surface area (Å²) in [6, 6.07) is 0. The van der Waals surface area contributed by atoms with E-state index in [1.807, 2.05) is 6.92 Å². The lowest BCUT2D eigenvalue weighted by Crippen LogP contribution is -2.11. The zero-order valence-electron chi connectivity index (χ0n) is 16.3. The first-order valence-electron chi connectivity index (χ1n) is 10.3. The second-order valence-electron chi connectivity index (χ2n) is 7.12. The standard InChI is InChI=1S/C22H37NO2/c1-3-4-5-6-7-8-9-10-11-12-13-14-15-16-17-20(2)21(24)22-23-18-19-25-22/h10-11,18-20H,3-9,12-17H2,1-2H3/b11-10-. The molecule has 0 N–H and O–H groups in total. The molecule has 0 spiro atoms. The van der Waals surface area contributed by atoms with Gasteiger partial charge < -0.3 is 4.42 Å². The Morgan fingerprint density at radius 3 is 2.20 bits per heavy atom. The number of nitrogens with zero attached hydrogens (tertiary/aromatic N) is 1. The lowest BCUT2D eigenvalue weighted by molar-refractivity contribution is 0.0887. The summed E-state index contributed by atoms with van der Waals surface area (Å²) >= 11 is 0. The van der Waals surface area contributed by atoms with Crippen LogP contribution in [0.5, 0.6) is 0 Å². The van der Waals surface area contributed by atoms with Crippen LogP contribution in [0.3, 0.4) is 0 Å². The molecule has 0 fully saturated rings. The van der Waals surface area contributed by atoms with Gasteiger partial charge in [-0.2, -0.15) is 0 Å². The summed E-state index contributed by atoms with van der Waals surface area (Å²) in [5, 5.41) is 0. The van der Waals surface area contributed by atoms with Gasteiger partial charge in [0.25, 0.3) is 5.89 Å². The summed E-state index contributed by atoms with van der Waals surface area (Å²) in [6.07, 6.45) is 24.1. The Balaban J connectivity index is 1.88. The molecule has 0 amide bonds. The third kappa shape index (κ3) is 11.0. The maximum Gasteiger partial charge on any atom is 0.263 e. The normalized spacial score (nSPS) is 12.7. The summed E-state index contributed by atoms with van der Waals surface area (Å²) in [6.45, 7) is 4.23. The molecule has 3 heteroatoms. The quantitative estimate of drug-likeness (QED) is 0.181. The number of carbonyl (C=O) groups excluding carboxylic acids is 1. The molecular weight excluding hydrogens is 310 g/mol. The lowest BCUT2D eigenvalue weighted by Gasteiger charge is -2.07. The van der Waals surface area contributed by atoms with E-state index in [1.54, 1.807) is 0 Å². The summed E-state index contributed by atoms with van der Waals surface area (Å²) < 4.78 is 5.07. The lowest BCUT2D eigenvalue weighted by atomic mass is 9.98. The van der Waals surface area contributed by atoms with Crippen LogP contribution >= 0.6 is 0 Å². The van der Waals surface area contributed by atoms with Crippen molar-refractivity contribution in [3.8, 4) is 0 Å². The molecule has 0 saturated heterocycles. The van der Waals surface area contributed by atoms with Crippen molar-refractivity contribution in [2.45, 2.75) is 97.3 Å². The molecule has 1 atom stereocenters. The number of unbranched alkanes of at least 4 members (excludes halogenated alkanes) is 10. The Bertz CT molecular complexity index is 451. The third-order valence-corrected chi connectivity index (χ3v) is 4.74. The zero-order valence-corrected chi connectivity index (χ0v) is 16.3. The first-order chi connectivity index (χ1) is 12.3. The molecule has 0 aliphatic carbocycles. The van der Waals surface area contributed by atoms with Crippen LogP contribution in [0.25, 0.3) is 0 Å². The van der Waals surface area contributed by atoms with Gasteiger partial charge >= 0.3 is 0 Å². The summed E-state index contributed by atoms with van der Waals surface area (Å²) in [5.74, 6) is 0.293. The number of allylic oxidation sites excluding steroid dienone is 2. The molecule has 1 aromatic heterocycles. The van der Waals surface area contributed by atoms with Gasteiger partial charge in [0.15, 0.2) is 0 Å². The molecule has 0 saturated carbocycles. The highest BCUT2D eigenvalue weighted by atomic mass is 16.3. The van der Waals surface area contributed by atoms with Gasteiger partial charge in [0.2, 0.25) is 5.78 Å². The van der Waals surface area contributed by atoms with Crippen LogP contribution in [0.15, 0.2) is 29.0 Å². The minimum atomic E-state index is 0.0101. The van der Waals surface area contributed by atoms with Crippen molar-refractivity contribution >= 4 is 5.78 Å². The Morgan fingerprint density at radius 1 is 1.00 bits per heavy atom. The van der Waals surface area contributed by atoms with Gasteiger partial charge in [0.05, 0.1) is 6.20 Å². The fourth-order valence-corrected chi connectivity index (χ4v) is 3.03. The number of rotatable bonds is 16. The van der Waals surface area contributed by atoms with Crippen molar-refractivity contribution in [2.75, 3.05) is 0 Å². The number of ketones is 1. The number of aromatic nitrogens is 1. The van der Waals surface area contributed by atoms with Crippen molar-refractivity contribution < 1.29 is 9.21 Å². The van der Waals surface area contributed by atoms with E-state index < -0.39 is 0 Å². The Hall–Kier alpha value is -1.38. The number of hydrogen-bond donors (Lipinski definition) is 0. The average molecular weight is 348 g/mol. The van der Waals surface area contributed by atoms with Crippen molar-refractivity contribution in [3.63, 3.8) is 0 Å². The zero-order chi connectivity index (χ0) is 18.2. The Morgan fingerprint density at radius 2 is 1.60 bits per heavy atom. The highest BCUT2D eigenvalue weighted by Crippen LogP contribution is 2.16. The van der Waals surface area contributed by atoms with Crippen molar-refractivity contribution in [3.05, 3.63) is 30.5 Å². The van der Waals surface area contributed by atoms with Gasteiger partial charge in [-0.15, -0.1) is 0 Å². The third-order valence-electron chi connectivity index (χ3n) is 4.74.